The maximum Gasteiger partial charge on any atom is 0.331 e. The highest BCUT2D eigenvalue weighted by Crippen LogP contribution is 2.33. The summed E-state index contributed by atoms with van der Waals surface area (Å²) in [6.45, 7) is 1.47. The van der Waals surface area contributed by atoms with Gasteiger partial charge >= 0.3 is 5.97 Å². The predicted octanol–water partition coefficient (Wildman–Crippen LogP) is 4.56. The van der Waals surface area contributed by atoms with Gasteiger partial charge in [-0.1, -0.05) is 0 Å². The van der Waals surface area contributed by atoms with E-state index in [4.69, 9.17) is 8.83 Å². The van der Waals surface area contributed by atoms with Crippen LogP contribution in [0.5, 0.6) is 0 Å². The molecule has 0 amide bonds. The van der Waals surface area contributed by atoms with Crippen LogP contribution in [0.25, 0.3) is 17.0 Å². The molecule has 140 valence electrons. The van der Waals surface area contributed by atoms with E-state index >= 15 is 0 Å². The fraction of sp³-hybridized carbons (Fsp3) is 0.250. The molecule has 2 N–H and O–H groups in total. The quantitative estimate of drug-likeness (QED) is 0.653. The van der Waals surface area contributed by atoms with Crippen molar-refractivity contribution in [3.8, 4) is 11.5 Å². The first-order valence-corrected chi connectivity index (χ1v) is 8.65. The molecule has 4 rings (SSSR count). The number of aromatic nitrogens is 2. The van der Waals surface area contributed by atoms with Crippen molar-refractivity contribution in [3.63, 3.8) is 0 Å². The van der Waals surface area contributed by atoms with Gasteiger partial charge in [0.05, 0.1) is 18.2 Å². The van der Waals surface area contributed by atoms with E-state index in [1.807, 2.05) is 12.1 Å². The molecule has 0 fully saturated rings. The highest BCUT2D eigenvalue weighted by Gasteiger charge is 2.21. The standard InChI is InChI=1S/C14H14N2O3.C6H6O2/c17-14(18)10-5-2-1-4-9(10)11-8-12(16-15-11)13-6-3-7-19-13;1-5(7)6-3-2-4-8-6/h3,6-8H,1-2,4-5H2,(H,15,16)(H,17,18);2-4H,1H3. The van der Waals surface area contributed by atoms with Crippen LogP contribution in [0.2, 0.25) is 0 Å². The van der Waals surface area contributed by atoms with Crippen molar-refractivity contribution in [2.75, 3.05) is 0 Å². The summed E-state index contributed by atoms with van der Waals surface area (Å²) in [5.41, 5.74) is 2.81. The second-order valence-electron chi connectivity index (χ2n) is 6.15. The maximum atomic E-state index is 11.3. The fourth-order valence-electron chi connectivity index (χ4n) is 2.94. The summed E-state index contributed by atoms with van der Waals surface area (Å²) in [6.07, 6.45) is 6.41. The number of hydrogen-bond acceptors (Lipinski definition) is 5. The van der Waals surface area contributed by atoms with Crippen molar-refractivity contribution in [1.29, 1.82) is 0 Å². The van der Waals surface area contributed by atoms with Gasteiger partial charge in [0.15, 0.2) is 17.3 Å². The van der Waals surface area contributed by atoms with Crippen LogP contribution in [0.1, 0.15) is 48.9 Å². The molecule has 1 aliphatic rings. The number of allylic oxidation sites excluding steroid dienone is 1. The number of nitrogens with zero attached hydrogens (tertiary/aromatic N) is 1. The Hall–Kier alpha value is -3.35. The molecule has 0 bridgehead atoms. The molecule has 0 radical (unpaired) electrons. The molecule has 0 unspecified atom stereocenters. The zero-order valence-corrected chi connectivity index (χ0v) is 14.9. The average Bonchev–Trinajstić information content (AvgIpc) is 3.44. The summed E-state index contributed by atoms with van der Waals surface area (Å²) in [5.74, 6) is 0.254. The molecule has 3 aromatic heterocycles. The van der Waals surface area contributed by atoms with E-state index in [0.717, 1.165) is 30.5 Å². The number of nitrogens with one attached hydrogen (secondary N) is 1. The Kier molecular flexibility index (Phi) is 5.71. The van der Waals surface area contributed by atoms with Gasteiger partial charge in [0, 0.05) is 12.5 Å². The minimum absolute atomic E-state index is 0.0324. The van der Waals surface area contributed by atoms with Crippen LogP contribution in [0.3, 0.4) is 0 Å². The molecule has 27 heavy (non-hydrogen) atoms. The molecule has 7 heteroatoms. The van der Waals surface area contributed by atoms with E-state index in [0.29, 0.717) is 29.2 Å². The summed E-state index contributed by atoms with van der Waals surface area (Å²) in [6, 6.07) is 8.82. The Morgan fingerprint density at radius 3 is 2.44 bits per heavy atom. The van der Waals surface area contributed by atoms with Gasteiger partial charge in [-0.05, 0) is 61.6 Å². The number of furan rings is 2. The van der Waals surface area contributed by atoms with Gasteiger partial charge in [-0.2, -0.15) is 5.10 Å². The molecule has 0 saturated carbocycles. The van der Waals surface area contributed by atoms with Gasteiger partial charge in [-0.15, -0.1) is 0 Å². The van der Waals surface area contributed by atoms with Crippen LogP contribution in [-0.2, 0) is 4.79 Å². The smallest absolute Gasteiger partial charge is 0.331 e. The van der Waals surface area contributed by atoms with Crippen LogP contribution in [0, 0.1) is 0 Å². The first kappa shape index (κ1) is 18.4. The summed E-state index contributed by atoms with van der Waals surface area (Å²) >= 11 is 0. The Bertz CT molecular complexity index is 933. The number of carboxylic acid groups (broad SMARTS) is 1. The number of Topliss-reactive ketones (excluding diaryl/α,β-unsaturated/α-hetero) is 1. The molecule has 0 aromatic carbocycles. The zero-order chi connectivity index (χ0) is 19.2. The van der Waals surface area contributed by atoms with Crippen LogP contribution in [0.15, 0.2) is 57.3 Å². The molecular weight excluding hydrogens is 348 g/mol. The molecule has 3 aromatic rings. The third-order valence-electron chi connectivity index (χ3n) is 4.27. The number of ketones is 1. The zero-order valence-electron chi connectivity index (χ0n) is 14.9. The molecule has 0 atom stereocenters. The molecule has 0 spiro atoms. The lowest BCUT2D eigenvalue weighted by atomic mass is 9.90. The number of hydrogen-bond donors (Lipinski definition) is 2. The lowest BCUT2D eigenvalue weighted by Gasteiger charge is -2.15. The summed E-state index contributed by atoms with van der Waals surface area (Å²) in [4.78, 5) is 21.7. The van der Waals surface area contributed by atoms with E-state index < -0.39 is 5.97 Å². The molecular formula is C20H20N2O5. The van der Waals surface area contributed by atoms with Gasteiger partial charge in [-0.25, -0.2) is 4.79 Å². The van der Waals surface area contributed by atoms with Crippen LogP contribution in [-0.4, -0.2) is 27.1 Å². The molecule has 3 heterocycles. The van der Waals surface area contributed by atoms with Crippen molar-refractivity contribution in [2.45, 2.75) is 32.6 Å². The van der Waals surface area contributed by atoms with E-state index in [2.05, 4.69) is 10.2 Å². The largest absolute Gasteiger partial charge is 0.478 e. The number of H-pyrrole nitrogens is 1. The second-order valence-corrected chi connectivity index (χ2v) is 6.15. The van der Waals surface area contributed by atoms with Crippen molar-refractivity contribution in [1.82, 2.24) is 10.2 Å². The highest BCUT2D eigenvalue weighted by molar-refractivity contribution is 5.96. The molecule has 1 aliphatic carbocycles. The fourth-order valence-corrected chi connectivity index (χ4v) is 2.94. The van der Waals surface area contributed by atoms with E-state index in [1.54, 1.807) is 24.5 Å². The van der Waals surface area contributed by atoms with Gasteiger partial charge in [-0.3, -0.25) is 9.89 Å². The van der Waals surface area contributed by atoms with Gasteiger partial charge in [0.2, 0.25) is 0 Å². The predicted molar refractivity (Wildman–Crippen MR) is 98.0 cm³/mol. The Morgan fingerprint density at radius 2 is 1.85 bits per heavy atom. The first-order chi connectivity index (χ1) is 13.1. The second kappa shape index (κ2) is 8.35. The number of carboxylic acids is 1. The summed E-state index contributed by atoms with van der Waals surface area (Å²) < 4.78 is 10.0. The van der Waals surface area contributed by atoms with Crippen LogP contribution < -0.4 is 0 Å². The number of rotatable bonds is 4. The van der Waals surface area contributed by atoms with E-state index in [1.165, 1.54) is 13.2 Å². The van der Waals surface area contributed by atoms with E-state index in [9.17, 15) is 14.7 Å². The van der Waals surface area contributed by atoms with Crippen LogP contribution in [0.4, 0.5) is 0 Å². The van der Waals surface area contributed by atoms with Gasteiger partial charge in [0.1, 0.15) is 5.69 Å². The monoisotopic (exact) mass is 368 g/mol. The number of aliphatic carboxylic acids is 1. The highest BCUT2D eigenvalue weighted by atomic mass is 16.4. The number of aromatic amines is 1. The Labute approximate surface area is 155 Å². The third-order valence-corrected chi connectivity index (χ3v) is 4.27. The molecule has 7 nitrogen and oxygen atoms in total. The Balaban J connectivity index is 0.000000221. The lowest BCUT2D eigenvalue weighted by molar-refractivity contribution is -0.132. The maximum absolute atomic E-state index is 11.3. The number of carbonyl (C=O) groups excluding carboxylic acids is 1. The minimum atomic E-state index is -0.836. The van der Waals surface area contributed by atoms with Crippen molar-refractivity contribution < 1.29 is 23.5 Å². The molecule has 0 aliphatic heterocycles. The number of carbonyl (C=O) groups is 2. The van der Waals surface area contributed by atoms with Crippen molar-refractivity contribution in [3.05, 3.63) is 59.9 Å². The minimum Gasteiger partial charge on any atom is -0.478 e. The average molecular weight is 368 g/mol. The topological polar surface area (TPSA) is 109 Å². The first-order valence-electron chi connectivity index (χ1n) is 8.65. The van der Waals surface area contributed by atoms with E-state index in [-0.39, 0.29) is 5.78 Å². The lowest BCUT2D eigenvalue weighted by Crippen LogP contribution is -2.08. The van der Waals surface area contributed by atoms with Crippen LogP contribution >= 0.6 is 0 Å². The Morgan fingerprint density at radius 1 is 1.11 bits per heavy atom. The van der Waals surface area contributed by atoms with Gasteiger partial charge < -0.3 is 13.9 Å². The SMILES string of the molecule is CC(=O)c1ccco1.O=C(O)C1=C(c2cc(-c3ccco3)[nH]n2)CCCC1. The van der Waals surface area contributed by atoms with Crippen molar-refractivity contribution >= 4 is 17.3 Å². The van der Waals surface area contributed by atoms with Gasteiger partial charge in [0.25, 0.3) is 0 Å². The molecule has 0 saturated heterocycles. The summed E-state index contributed by atoms with van der Waals surface area (Å²) in [5, 5.41) is 16.4. The normalized spacial score (nSPS) is 13.8. The van der Waals surface area contributed by atoms with Crippen molar-refractivity contribution in [2.24, 2.45) is 0 Å². The summed E-state index contributed by atoms with van der Waals surface area (Å²) in [7, 11) is 0. The third kappa shape index (κ3) is 4.44.